The van der Waals surface area contributed by atoms with Crippen LogP contribution >= 0.6 is 11.8 Å². The first-order chi connectivity index (χ1) is 11.2. The molecule has 0 aliphatic carbocycles. The Hall–Kier alpha value is -0.510. The number of amides is 1. The normalized spacial score (nSPS) is 10.7. The van der Waals surface area contributed by atoms with Gasteiger partial charge in [-0.2, -0.15) is 0 Å². The summed E-state index contributed by atoms with van der Waals surface area (Å²) in [5.74, 6) is 0.756. The third kappa shape index (κ3) is 17.7. The highest BCUT2D eigenvalue weighted by Crippen LogP contribution is 2.13. The highest BCUT2D eigenvalue weighted by molar-refractivity contribution is 8.13. The van der Waals surface area contributed by atoms with Gasteiger partial charge >= 0.3 is 0 Å². The molecule has 4 heteroatoms. The highest BCUT2D eigenvalue weighted by atomic mass is 32.2. The monoisotopic (exact) mass is 343 g/mol. The van der Waals surface area contributed by atoms with E-state index < -0.39 is 0 Å². The van der Waals surface area contributed by atoms with Gasteiger partial charge in [0.05, 0.1) is 0 Å². The summed E-state index contributed by atoms with van der Waals surface area (Å²) in [6.07, 6.45) is 15.6. The molecule has 0 aromatic carbocycles. The van der Waals surface area contributed by atoms with Crippen LogP contribution in [0.25, 0.3) is 0 Å². The Kier molecular flexibility index (Phi) is 17.4. The smallest absolute Gasteiger partial charge is 0.219 e. The van der Waals surface area contributed by atoms with Gasteiger partial charge < -0.3 is 5.32 Å². The lowest BCUT2D eigenvalue weighted by Gasteiger charge is -2.04. The number of rotatable bonds is 16. The van der Waals surface area contributed by atoms with Crippen molar-refractivity contribution in [1.82, 2.24) is 5.32 Å². The largest absolute Gasteiger partial charge is 0.355 e. The van der Waals surface area contributed by atoms with Gasteiger partial charge in [0.2, 0.25) is 5.91 Å². The molecule has 0 aromatic heterocycles. The number of nitrogens with one attached hydrogen (secondary N) is 1. The van der Waals surface area contributed by atoms with Crippen LogP contribution in [0.5, 0.6) is 0 Å². The van der Waals surface area contributed by atoms with Crippen LogP contribution in [0.4, 0.5) is 0 Å². The predicted octanol–water partition coefficient (Wildman–Crippen LogP) is 5.47. The molecule has 0 saturated heterocycles. The maximum absolute atomic E-state index is 11.7. The van der Waals surface area contributed by atoms with E-state index in [-0.39, 0.29) is 11.0 Å². The molecule has 0 bridgehead atoms. The summed E-state index contributed by atoms with van der Waals surface area (Å²) >= 11 is 1.36. The lowest BCUT2D eigenvalue weighted by molar-refractivity contribution is -0.120. The van der Waals surface area contributed by atoms with Crippen LogP contribution in [-0.4, -0.2) is 23.3 Å². The van der Waals surface area contributed by atoms with Gasteiger partial charge in [-0.05, 0) is 6.42 Å². The molecule has 3 nitrogen and oxygen atoms in total. The minimum absolute atomic E-state index is 0.0587. The first kappa shape index (κ1) is 22.5. The van der Waals surface area contributed by atoms with E-state index >= 15 is 0 Å². The van der Waals surface area contributed by atoms with Crippen LogP contribution in [0.15, 0.2) is 0 Å². The SMILES string of the molecule is CCCCCCCCCCCCCC(=O)SCCNC(=O)CC. The summed E-state index contributed by atoms with van der Waals surface area (Å²) in [5.41, 5.74) is 0. The average molecular weight is 344 g/mol. The third-order valence-corrected chi connectivity index (χ3v) is 4.93. The topological polar surface area (TPSA) is 46.2 Å². The number of hydrogen-bond donors (Lipinski definition) is 1. The first-order valence-corrected chi connectivity index (χ1v) is 10.6. The van der Waals surface area contributed by atoms with Crippen LogP contribution in [-0.2, 0) is 9.59 Å². The molecule has 0 aromatic rings. The van der Waals surface area contributed by atoms with Crippen LogP contribution in [0.1, 0.15) is 97.3 Å². The molecule has 0 saturated carbocycles. The minimum Gasteiger partial charge on any atom is -0.355 e. The second kappa shape index (κ2) is 17.8. The lowest BCUT2D eigenvalue weighted by atomic mass is 10.1. The number of thioether (sulfide) groups is 1. The average Bonchev–Trinajstić information content (AvgIpc) is 2.56. The minimum atomic E-state index is 0.0587. The molecule has 0 aliphatic heterocycles. The molecule has 0 spiro atoms. The lowest BCUT2D eigenvalue weighted by Crippen LogP contribution is -2.24. The molecule has 0 atom stereocenters. The fraction of sp³-hybridized carbons (Fsp3) is 0.895. The van der Waals surface area contributed by atoms with Crippen molar-refractivity contribution < 1.29 is 9.59 Å². The van der Waals surface area contributed by atoms with Crippen LogP contribution in [0.3, 0.4) is 0 Å². The zero-order valence-electron chi connectivity index (χ0n) is 15.3. The zero-order valence-corrected chi connectivity index (χ0v) is 16.1. The summed E-state index contributed by atoms with van der Waals surface area (Å²) in [6, 6.07) is 0. The van der Waals surface area contributed by atoms with Crippen molar-refractivity contribution in [3.63, 3.8) is 0 Å². The Morgan fingerprint density at radius 1 is 0.783 bits per heavy atom. The van der Waals surface area contributed by atoms with E-state index in [0.29, 0.717) is 25.1 Å². The number of carbonyl (C=O) groups excluding carboxylic acids is 2. The third-order valence-electron chi connectivity index (χ3n) is 3.99. The molecule has 0 radical (unpaired) electrons. The molecule has 0 fully saturated rings. The van der Waals surface area contributed by atoms with Gasteiger partial charge in [-0.3, -0.25) is 9.59 Å². The van der Waals surface area contributed by atoms with Gasteiger partial charge in [-0.1, -0.05) is 89.8 Å². The second-order valence-corrected chi connectivity index (χ2v) is 7.36. The van der Waals surface area contributed by atoms with Crippen molar-refractivity contribution in [3.05, 3.63) is 0 Å². The molecule has 136 valence electrons. The standard InChI is InChI=1S/C19H37NO2S/c1-3-5-6-7-8-9-10-11-12-13-14-15-19(22)23-17-16-20-18(21)4-2/h3-17H2,1-2H3,(H,20,21). The van der Waals surface area contributed by atoms with Gasteiger partial charge in [-0.15, -0.1) is 0 Å². The van der Waals surface area contributed by atoms with E-state index in [9.17, 15) is 9.59 Å². The fourth-order valence-corrected chi connectivity index (χ4v) is 3.21. The highest BCUT2D eigenvalue weighted by Gasteiger charge is 2.03. The second-order valence-electron chi connectivity index (χ2n) is 6.21. The van der Waals surface area contributed by atoms with Gasteiger partial charge in [0.1, 0.15) is 0 Å². The van der Waals surface area contributed by atoms with Crippen molar-refractivity contribution in [1.29, 1.82) is 0 Å². The van der Waals surface area contributed by atoms with Crippen LogP contribution < -0.4 is 5.32 Å². The molecule has 1 N–H and O–H groups in total. The van der Waals surface area contributed by atoms with E-state index in [1.807, 2.05) is 6.92 Å². The molecule has 0 heterocycles. The number of unbranched alkanes of at least 4 members (excludes halogenated alkanes) is 10. The van der Waals surface area contributed by atoms with E-state index in [1.54, 1.807) is 0 Å². The Morgan fingerprint density at radius 2 is 1.30 bits per heavy atom. The predicted molar refractivity (Wildman–Crippen MR) is 102 cm³/mol. The van der Waals surface area contributed by atoms with Crippen molar-refractivity contribution in [2.75, 3.05) is 12.3 Å². The van der Waals surface area contributed by atoms with Gasteiger partial charge in [0, 0.05) is 25.1 Å². The number of hydrogen-bond acceptors (Lipinski definition) is 3. The Labute approximate surface area is 147 Å². The van der Waals surface area contributed by atoms with Gasteiger partial charge in [0.25, 0.3) is 0 Å². The molecule has 0 unspecified atom stereocenters. The molecule has 0 rings (SSSR count). The van der Waals surface area contributed by atoms with E-state index in [2.05, 4.69) is 12.2 Å². The van der Waals surface area contributed by atoms with Gasteiger partial charge in [0.15, 0.2) is 5.12 Å². The van der Waals surface area contributed by atoms with E-state index in [0.717, 1.165) is 6.42 Å². The van der Waals surface area contributed by atoms with Crippen molar-refractivity contribution in [3.8, 4) is 0 Å². The van der Waals surface area contributed by atoms with Gasteiger partial charge in [-0.25, -0.2) is 0 Å². The molecular formula is C19H37NO2S. The Morgan fingerprint density at radius 3 is 1.83 bits per heavy atom. The van der Waals surface area contributed by atoms with Crippen molar-refractivity contribution in [2.24, 2.45) is 0 Å². The Bertz CT molecular complexity index is 295. The Balaban J connectivity index is 3.19. The maximum atomic E-state index is 11.7. The summed E-state index contributed by atoms with van der Waals surface area (Å²) < 4.78 is 0. The van der Waals surface area contributed by atoms with Crippen molar-refractivity contribution in [2.45, 2.75) is 97.3 Å². The molecule has 23 heavy (non-hydrogen) atoms. The first-order valence-electron chi connectivity index (χ1n) is 9.63. The van der Waals surface area contributed by atoms with Crippen LogP contribution in [0.2, 0.25) is 0 Å². The quantitative estimate of drug-likeness (QED) is 0.378. The van der Waals surface area contributed by atoms with Crippen molar-refractivity contribution >= 4 is 22.8 Å². The summed E-state index contributed by atoms with van der Waals surface area (Å²) in [5, 5.41) is 3.06. The molecular weight excluding hydrogens is 306 g/mol. The van der Waals surface area contributed by atoms with Crippen LogP contribution in [0, 0.1) is 0 Å². The van der Waals surface area contributed by atoms with E-state index in [4.69, 9.17) is 0 Å². The summed E-state index contributed by atoms with van der Waals surface area (Å²) in [6.45, 7) is 4.69. The maximum Gasteiger partial charge on any atom is 0.219 e. The molecule has 1 amide bonds. The summed E-state index contributed by atoms with van der Waals surface area (Å²) in [7, 11) is 0. The fourth-order valence-electron chi connectivity index (χ4n) is 2.49. The van der Waals surface area contributed by atoms with E-state index in [1.165, 1.54) is 76.0 Å². The molecule has 0 aliphatic rings. The zero-order chi connectivity index (χ0) is 17.2. The summed E-state index contributed by atoms with van der Waals surface area (Å²) in [4.78, 5) is 22.7. The number of carbonyl (C=O) groups is 2.